The summed E-state index contributed by atoms with van der Waals surface area (Å²) in [5.41, 5.74) is 4.40. The number of hydrogen-bond acceptors (Lipinski definition) is 2. The van der Waals surface area contributed by atoms with Gasteiger partial charge in [0.2, 0.25) is 0 Å². The predicted octanol–water partition coefficient (Wildman–Crippen LogP) is 4.28. The first-order chi connectivity index (χ1) is 10.2. The van der Waals surface area contributed by atoms with Crippen LogP contribution in [0.3, 0.4) is 0 Å². The molecular formula is C17H18ClFN2. The first kappa shape index (κ1) is 14.4. The lowest BCUT2D eigenvalue weighted by molar-refractivity contribution is 0.628. The van der Waals surface area contributed by atoms with Crippen molar-refractivity contribution < 1.29 is 4.39 Å². The highest BCUT2D eigenvalue weighted by atomic mass is 35.5. The number of rotatable bonds is 4. The van der Waals surface area contributed by atoms with Crippen LogP contribution in [0.2, 0.25) is 5.02 Å². The van der Waals surface area contributed by atoms with Gasteiger partial charge < -0.3 is 10.2 Å². The summed E-state index contributed by atoms with van der Waals surface area (Å²) < 4.78 is 13.6. The molecule has 21 heavy (non-hydrogen) atoms. The van der Waals surface area contributed by atoms with Crippen LogP contribution in [0.5, 0.6) is 0 Å². The zero-order valence-corrected chi connectivity index (χ0v) is 12.8. The summed E-state index contributed by atoms with van der Waals surface area (Å²) in [6.07, 6.45) is 0.943. The molecule has 2 aromatic rings. The minimum absolute atomic E-state index is 0.192. The SMILES string of the molecule is CCNCc1cc(Cl)ccc1N1CCc2ccc(F)cc21. The highest BCUT2D eigenvalue weighted by molar-refractivity contribution is 6.30. The normalized spacial score (nSPS) is 13.6. The van der Waals surface area contributed by atoms with Crippen molar-refractivity contribution in [2.24, 2.45) is 0 Å². The fourth-order valence-electron chi connectivity index (χ4n) is 2.82. The molecule has 4 heteroatoms. The first-order valence-electron chi connectivity index (χ1n) is 7.24. The molecule has 1 aliphatic heterocycles. The largest absolute Gasteiger partial charge is 0.341 e. The minimum atomic E-state index is -0.192. The second kappa shape index (κ2) is 6.04. The van der Waals surface area contributed by atoms with Gasteiger partial charge in [0.1, 0.15) is 5.82 Å². The van der Waals surface area contributed by atoms with Crippen LogP contribution < -0.4 is 10.2 Å². The van der Waals surface area contributed by atoms with Crippen LogP contribution in [0, 0.1) is 5.82 Å². The van der Waals surface area contributed by atoms with Crippen LogP contribution in [0.15, 0.2) is 36.4 Å². The molecule has 0 fully saturated rings. The Morgan fingerprint density at radius 2 is 2.05 bits per heavy atom. The molecule has 2 aromatic carbocycles. The standard InChI is InChI=1S/C17H18ClFN2/c1-2-20-11-13-9-14(18)4-6-16(13)21-8-7-12-3-5-15(19)10-17(12)21/h3-6,9-10,20H,2,7-8,11H2,1H3. The Bertz CT molecular complexity index is 657. The van der Waals surface area contributed by atoms with Crippen molar-refractivity contribution in [2.45, 2.75) is 19.9 Å². The number of halogens is 2. The number of benzene rings is 2. The number of nitrogens with zero attached hydrogens (tertiary/aromatic N) is 1. The molecule has 0 unspecified atom stereocenters. The molecular weight excluding hydrogens is 287 g/mol. The van der Waals surface area contributed by atoms with Crippen LogP contribution in [0.25, 0.3) is 0 Å². The zero-order valence-electron chi connectivity index (χ0n) is 12.0. The van der Waals surface area contributed by atoms with Crippen LogP contribution in [0.4, 0.5) is 15.8 Å². The van der Waals surface area contributed by atoms with Gasteiger partial charge in [-0.15, -0.1) is 0 Å². The van der Waals surface area contributed by atoms with Gasteiger partial charge in [0.05, 0.1) is 0 Å². The molecule has 0 saturated carbocycles. The summed E-state index contributed by atoms with van der Waals surface area (Å²) in [7, 11) is 0. The number of fused-ring (bicyclic) bond motifs is 1. The molecule has 0 atom stereocenters. The van der Waals surface area contributed by atoms with E-state index < -0.39 is 0 Å². The number of hydrogen-bond donors (Lipinski definition) is 1. The molecule has 0 radical (unpaired) electrons. The third-order valence-corrected chi connectivity index (χ3v) is 4.08. The van der Waals surface area contributed by atoms with Gasteiger partial charge >= 0.3 is 0 Å². The van der Waals surface area contributed by atoms with Gasteiger partial charge in [0, 0.05) is 29.5 Å². The molecule has 2 nitrogen and oxygen atoms in total. The maximum atomic E-state index is 13.6. The van der Waals surface area contributed by atoms with Crippen LogP contribution in [0.1, 0.15) is 18.1 Å². The van der Waals surface area contributed by atoms with Crippen molar-refractivity contribution in [2.75, 3.05) is 18.0 Å². The minimum Gasteiger partial charge on any atom is -0.341 e. The average Bonchev–Trinajstić information content (AvgIpc) is 2.88. The third kappa shape index (κ3) is 2.89. The Kier molecular flexibility index (Phi) is 4.13. The van der Waals surface area contributed by atoms with E-state index in [0.29, 0.717) is 0 Å². The van der Waals surface area contributed by atoms with Crippen molar-refractivity contribution in [1.29, 1.82) is 0 Å². The van der Waals surface area contributed by atoms with Gasteiger partial charge in [-0.1, -0.05) is 24.6 Å². The molecule has 1 N–H and O–H groups in total. The Labute approximate surface area is 129 Å². The van der Waals surface area contributed by atoms with Gasteiger partial charge in [0.15, 0.2) is 0 Å². The molecule has 0 bridgehead atoms. The molecule has 1 heterocycles. The lowest BCUT2D eigenvalue weighted by atomic mass is 10.1. The van der Waals surface area contributed by atoms with Gasteiger partial charge in [0.25, 0.3) is 0 Å². The van der Waals surface area contributed by atoms with Crippen LogP contribution in [-0.2, 0) is 13.0 Å². The van der Waals surface area contributed by atoms with Crippen molar-refractivity contribution >= 4 is 23.0 Å². The van der Waals surface area contributed by atoms with Crippen LogP contribution in [-0.4, -0.2) is 13.1 Å². The van der Waals surface area contributed by atoms with Gasteiger partial charge in [-0.2, -0.15) is 0 Å². The van der Waals surface area contributed by atoms with E-state index in [1.165, 1.54) is 11.6 Å². The molecule has 0 aliphatic carbocycles. The molecule has 0 aromatic heterocycles. The molecule has 110 valence electrons. The fraction of sp³-hybridized carbons (Fsp3) is 0.294. The average molecular weight is 305 g/mol. The van der Waals surface area contributed by atoms with E-state index in [1.54, 1.807) is 6.07 Å². The quantitative estimate of drug-likeness (QED) is 0.907. The van der Waals surface area contributed by atoms with E-state index in [4.69, 9.17) is 11.6 Å². The maximum absolute atomic E-state index is 13.6. The Balaban J connectivity index is 2.00. The van der Waals surface area contributed by atoms with E-state index in [9.17, 15) is 4.39 Å². The van der Waals surface area contributed by atoms with Gasteiger partial charge in [-0.25, -0.2) is 4.39 Å². The summed E-state index contributed by atoms with van der Waals surface area (Å²) in [5.74, 6) is -0.192. The highest BCUT2D eigenvalue weighted by Crippen LogP contribution is 2.37. The third-order valence-electron chi connectivity index (χ3n) is 3.84. The van der Waals surface area contributed by atoms with Crippen molar-refractivity contribution in [3.05, 3.63) is 58.4 Å². The van der Waals surface area contributed by atoms with E-state index in [1.807, 2.05) is 24.3 Å². The summed E-state index contributed by atoms with van der Waals surface area (Å²) in [6, 6.07) is 10.9. The Morgan fingerprint density at radius 1 is 1.19 bits per heavy atom. The van der Waals surface area contributed by atoms with E-state index in [2.05, 4.69) is 17.1 Å². The molecule has 3 rings (SSSR count). The molecule has 0 amide bonds. The topological polar surface area (TPSA) is 15.3 Å². The second-order valence-corrected chi connectivity index (χ2v) is 5.66. The van der Waals surface area contributed by atoms with Crippen molar-refractivity contribution in [1.82, 2.24) is 5.32 Å². The Hall–Kier alpha value is -1.58. The van der Waals surface area contributed by atoms with E-state index in [-0.39, 0.29) is 5.82 Å². The first-order valence-corrected chi connectivity index (χ1v) is 7.62. The molecule has 1 aliphatic rings. The summed E-state index contributed by atoms with van der Waals surface area (Å²) >= 11 is 6.12. The van der Waals surface area contributed by atoms with Crippen molar-refractivity contribution in [3.8, 4) is 0 Å². The lowest BCUT2D eigenvalue weighted by Gasteiger charge is -2.23. The fourth-order valence-corrected chi connectivity index (χ4v) is 3.02. The van der Waals surface area contributed by atoms with Gasteiger partial charge in [-0.3, -0.25) is 0 Å². The van der Waals surface area contributed by atoms with Gasteiger partial charge in [-0.05, 0) is 54.4 Å². The van der Waals surface area contributed by atoms with Crippen molar-refractivity contribution in [3.63, 3.8) is 0 Å². The van der Waals surface area contributed by atoms with Crippen LogP contribution >= 0.6 is 11.6 Å². The predicted molar refractivity (Wildman–Crippen MR) is 85.9 cm³/mol. The monoisotopic (exact) mass is 304 g/mol. The van der Waals surface area contributed by atoms with E-state index in [0.717, 1.165) is 48.0 Å². The zero-order chi connectivity index (χ0) is 14.8. The molecule has 0 saturated heterocycles. The maximum Gasteiger partial charge on any atom is 0.125 e. The lowest BCUT2D eigenvalue weighted by Crippen LogP contribution is -2.19. The summed E-state index contributed by atoms with van der Waals surface area (Å²) in [4.78, 5) is 2.18. The smallest absolute Gasteiger partial charge is 0.125 e. The number of nitrogens with one attached hydrogen (secondary N) is 1. The second-order valence-electron chi connectivity index (χ2n) is 5.23. The highest BCUT2D eigenvalue weighted by Gasteiger charge is 2.22. The number of anilines is 2. The van der Waals surface area contributed by atoms with E-state index >= 15 is 0 Å². The summed E-state index contributed by atoms with van der Waals surface area (Å²) in [6.45, 7) is 4.61. The Morgan fingerprint density at radius 3 is 2.86 bits per heavy atom. The summed E-state index contributed by atoms with van der Waals surface area (Å²) in [5, 5.41) is 4.06. The molecule has 0 spiro atoms.